The molecule has 3 nitrogen and oxygen atoms in total. The third kappa shape index (κ3) is 3.00. The van der Waals surface area contributed by atoms with E-state index in [1.807, 2.05) is 62.6 Å². The summed E-state index contributed by atoms with van der Waals surface area (Å²) in [5, 5.41) is 4.41. The summed E-state index contributed by atoms with van der Waals surface area (Å²) in [7, 11) is 4.08. The second kappa shape index (κ2) is 6.89. The van der Waals surface area contributed by atoms with Gasteiger partial charge in [0.05, 0.1) is 5.56 Å². The van der Waals surface area contributed by atoms with Crippen LogP contribution in [-0.4, -0.2) is 19.3 Å². The molecule has 4 rings (SSSR count). The van der Waals surface area contributed by atoms with Crippen LogP contribution in [0.25, 0.3) is 33.7 Å². The van der Waals surface area contributed by atoms with E-state index in [1.54, 1.807) is 0 Å². The maximum Gasteiger partial charge on any atom is 0.175 e. The first-order chi connectivity index (χ1) is 12.7. The fraction of sp³-hybridized carbons (Fsp3) is 0.0870. The molecular weight excluding hydrogens is 320 g/mol. The quantitative estimate of drug-likeness (QED) is 0.474. The van der Waals surface area contributed by atoms with Gasteiger partial charge in [-0.3, -0.25) is 0 Å². The molecule has 1 heterocycles. The van der Waals surface area contributed by atoms with Crippen molar-refractivity contribution in [2.75, 3.05) is 19.0 Å². The normalized spacial score (nSPS) is 10.7. The van der Waals surface area contributed by atoms with Gasteiger partial charge in [-0.1, -0.05) is 78.0 Å². The second-order valence-electron chi connectivity index (χ2n) is 6.41. The third-order valence-corrected chi connectivity index (χ3v) is 4.45. The Bertz CT molecular complexity index is 931. The van der Waals surface area contributed by atoms with Gasteiger partial charge in [0, 0.05) is 30.9 Å². The SMILES string of the molecule is CN(C)c1ccc(-c2c(-c3ccccc3)noc2-c2ccccc2)cc1. The van der Waals surface area contributed by atoms with Crippen LogP contribution < -0.4 is 4.90 Å². The molecule has 0 N–H and O–H groups in total. The van der Waals surface area contributed by atoms with E-state index < -0.39 is 0 Å². The fourth-order valence-electron chi connectivity index (χ4n) is 3.06. The van der Waals surface area contributed by atoms with Gasteiger partial charge in [0.1, 0.15) is 5.69 Å². The van der Waals surface area contributed by atoms with E-state index in [0.29, 0.717) is 0 Å². The molecule has 0 aliphatic heterocycles. The summed E-state index contributed by atoms with van der Waals surface area (Å²) in [4.78, 5) is 2.09. The summed E-state index contributed by atoms with van der Waals surface area (Å²) in [5.41, 5.74) is 6.20. The van der Waals surface area contributed by atoms with Crippen molar-refractivity contribution in [2.24, 2.45) is 0 Å². The maximum absolute atomic E-state index is 5.81. The number of hydrogen-bond donors (Lipinski definition) is 0. The highest BCUT2D eigenvalue weighted by atomic mass is 16.5. The summed E-state index contributed by atoms with van der Waals surface area (Å²) in [6, 6.07) is 28.8. The van der Waals surface area contributed by atoms with Crippen LogP contribution in [-0.2, 0) is 0 Å². The standard InChI is InChI=1S/C23H20N2O/c1-25(2)20-15-13-17(14-16-20)21-22(18-9-5-3-6-10-18)24-26-23(21)19-11-7-4-8-12-19/h3-16H,1-2H3. The Labute approximate surface area is 153 Å². The molecule has 0 fully saturated rings. The van der Waals surface area contributed by atoms with Crippen molar-refractivity contribution in [1.29, 1.82) is 0 Å². The lowest BCUT2D eigenvalue weighted by molar-refractivity contribution is 0.435. The van der Waals surface area contributed by atoms with E-state index >= 15 is 0 Å². The van der Waals surface area contributed by atoms with Gasteiger partial charge < -0.3 is 9.42 Å². The molecule has 1 aromatic heterocycles. The smallest absolute Gasteiger partial charge is 0.175 e. The highest BCUT2D eigenvalue weighted by Gasteiger charge is 2.20. The first kappa shape index (κ1) is 16.2. The van der Waals surface area contributed by atoms with Crippen molar-refractivity contribution >= 4 is 5.69 Å². The summed E-state index contributed by atoms with van der Waals surface area (Å²) >= 11 is 0. The molecule has 0 aliphatic rings. The molecular formula is C23H20N2O. The van der Waals surface area contributed by atoms with Crippen molar-refractivity contribution in [2.45, 2.75) is 0 Å². The molecule has 128 valence electrons. The summed E-state index contributed by atoms with van der Waals surface area (Å²) in [6.45, 7) is 0. The Balaban J connectivity index is 1.91. The number of benzene rings is 3. The zero-order valence-electron chi connectivity index (χ0n) is 14.9. The predicted octanol–water partition coefficient (Wildman–Crippen LogP) is 5.74. The zero-order valence-corrected chi connectivity index (χ0v) is 14.9. The van der Waals surface area contributed by atoms with E-state index in [9.17, 15) is 0 Å². The molecule has 0 bridgehead atoms. The molecule has 0 aliphatic carbocycles. The van der Waals surface area contributed by atoms with E-state index in [-0.39, 0.29) is 0 Å². The highest BCUT2D eigenvalue weighted by Crippen LogP contribution is 2.40. The van der Waals surface area contributed by atoms with Gasteiger partial charge in [0.2, 0.25) is 0 Å². The third-order valence-electron chi connectivity index (χ3n) is 4.45. The van der Waals surface area contributed by atoms with Gasteiger partial charge in [-0.05, 0) is 17.7 Å². The van der Waals surface area contributed by atoms with E-state index in [0.717, 1.165) is 39.4 Å². The van der Waals surface area contributed by atoms with Crippen molar-refractivity contribution < 1.29 is 4.52 Å². The molecule has 0 radical (unpaired) electrons. The topological polar surface area (TPSA) is 29.3 Å². The van der Waals surface area contributed by atoms with Crippen molar-refractivity contribution in [3.63, 3.8) is 0 Å². The van der Waals surface area contributed by atoms with Crippen LogP contribution in [0.2, 0.25) is 0 Å². The van der Waals surface area contributed by atoms with Gasteiger partial charge >= 0.3 is 0 Å². The number of aromatic nitrogens is 1. The molecule has 3 heteroatoms. The predicted molar refractivity (Wildman–Crippen MR) is 107 cm³/mol. The Morgan fingerprint density at radius 1 is 0.654 bits per heavy atom. The van der Waals surface area contributed by atoms with E-state index in [1.165, 1.54) is 0 Å². The van der Waals surface area contributed by atoms with Gasteiger partial charge in [0.25, 0.3) is 0 Å². The largest absolute Gasteiger partial charge is 0.378 e. The minimum absolute atomic E-state index is 0.794. The van der Waals surface area contributed by atoms with Gasteiger partial charge in [-0.25, -0.2) is 0 Å². The summed E-state index contributed by atoms with van der Waals surface area (Å²) in [5.74, 6) is 0.794. The lowest BCUT2D eigenvalue weighted by Crippen LogP contribution is -2.07. The Hall–Kier alpha value is -3.33. The van der Waals surface area contributed by atoms with E-state index in [4.69, 9.17) is 4.52 Å². The summed E-state index contributed by atoms with van der Waals surface area (Å²) < 4.78 is 5.81. The number of anilines is 1. The zero-order chi connectivity index (χ0) is 17.9. The molecule has 0 spiro atoms. The van der Waals surface area contributed by atoms with Gasteiger partial charge in [-0.2, -0.15) is 0 Å². The van der Waals surface area contributed by atoms with E-state index in [2.05, 4.69) is 46.5 Å². The van der Waals surface area contributed by atoms with Crippen LogP contribution in [0.15, 0.2) is 89.5 Å². The number of rotatable bonds is 4. The second-order valence-corrected chi connectivity index (χ2v) is 6.41. The number of hydrogen-bond acceptors (Lipinski definition) is 3. The Morgan fingerprint density at radius 3 is 1.81 bits per heavy atom. The fourth-order valence-corrected chi connectivity index (χ4v) is 3.06. The molecule has 0 amide bonds. The Kier molecular flexibility index (Phi) is 4.28. The molecule has 0 atom stereocenters. The van der Waals surface area contributed by atoms with Crippen molar-refractivity contribution in [3.8, 4) is 33.7 Å². The summed E-state index contributed by atoms with van der Waals surface area (Å²) in [6.07, 6.45) is 0. The van der Waals surface area contributed by atoms with Crippen LogP contribution in [0.4, 0.5) is 5.69 Å². The minimum atomic E-state index is 0.794. The van der Waals surface area contributed by atoms with Gasteiger partial charge in [0.15, 0.2) is 5.76 Å². The minimum Gasteiger partial charge on any atom is -0.378 e. The van der Waals surface area contributed by atoms with Crippen LogP contribution in [0.1, 0.15) is 0 Å². The first-order valence-electron chi connectivity index (χ1n) is 8.62. The first-order valence-corrected chi connectivity index (χ1v) is 8.62. The van der Waals surface area contributed by atoms with Crippen molar-refractivity contribution in [1.82, 2.24) is 5.16 Å². The average molecular weight is 340 g/mol. The van der Waals surface area contributed by atoms with Gasteiger partial charge in [-0.15, -0.1) is 0 Å². The molecule has 4 aromatic rings. The lowest BCUT2D eigenvalue weighted by atomic mass is 9.96. The molecule has 26 heavy (non-hydrogen) atoms. The molecule has 0 unspecified atom stereocenters. The molecule has 3 aromatic carbocycles. The van der Waals surface area contributed by atoms with Crippen LogP contribution in [0.3, 0.4) is 0 Å². The van der Waals surface area contributed by atoms with Crippen molar-refractivity contribution in [3.05, 3.63) is 84.9 Å². The Morgan fingerprint density at radius 2 is 1.23 bits per heavy atom. The van der Waals surface area contributed by atoms with Crippen LogP contribution >= 0.6 is 0 Å². The monoisotopic (exact) mass is 340 g/mol. The molecule has 0 saturated heterocycles. The maximum atomic E-state index is 5.81. The average Bonchev–Trinajstić information content (AvgIpc) is 3.14. The van der Waals surface area contributed by atoms with Crippen LogP contribution in [0, 0.1) is 0 Å². The lowest BCUT2D eigenvalue weighted by Gasteiger charge is -2.13. The molecule has 0 saturated carbocycles. The van der Waals surface area contributed by atoms with Crippen LogP contribution in [0.5, 0.6) is 0 Å². The number of nitrogens with zero attached hydrogens (tertiary/aromatic N) is 2. The highest BCUT2D eigenvalue weighted by molar-refractivity contribution is 5.90.